The van der Waals surface area contributed by atoms with Gasteiger partial charge in [-0.15, -0.1) is 0 Å². The van der Waals surface area contributed by atoms with E-state index in [4.69, 9.17) is 10.00 Å². The Hall–Kier alpha value is -2.03. The van der Waals surface area contributed by atoms with E-state index in [1.165, 1.54) is 9.58 Å². The number of carbonyl (C=O) groups excluding carboxylic acids is 1. The van der Waals surface area contributed by atoms with Crippen molar-refractivity contribution in [2.75, 3.05) is 18.1 Å². The summed E-state index contributed by atoms with van der Waals surface area (Å²) < 4.78 is 6.39. The fraction of sp³-hybridized carbons (Fsp3) is 0.444. The smallest absolute Gasteiger partial charge is 0.415 e. The number of carbonyl (C=O) groups is 1. The maximum absolute atomic E-state index is 11.4. The normalized spacial score (nSPS) is 16.0. The highest BCUT2D eigenvalue weighted by Crippen LogP contribution is 2.20. The molecule has 0 atom stereocenters. The van der Waals surface area contributed by atoms with Crippen LogP contribution >= 0.6 is 0 Å². The van der Waals surface area contributed by atoms with Crippen molar-refractivity contribution in [2.45, 2.75) is 6.42 Å². The molecule has 0 radical (unpaired) electrons. The van der Waals surface area contributed by atoms with E-state index >= 15 is 0 Å². The maximum atomic E-state index is 11.4. The number of nitrogens with zero attached hydrogens (tertiary/aromatic N) is 4. The van der Waals surface area contributed by atoms with Gasteiger partial charge in [0.1, 0.15) is 11.6 Å². The molecule has 2 rings (SSSR count). The number of ether oxygens (including phenoxy) is 1. The number of nitriles is 1. The van der Waals surface area contributed by atoms with Crippen LogP contribution in [0, 0.1) is 11.3 Å². The van der Waals surface area contributed by atoms with Crippen LogP contribution in [0.3, 0.4) is 0 Å². The molecule has 0 aromatic carbocycles. The average Bonchev–Trinajstić information content (AvgIpc) is 2.60. The largest absolute Gasteiger partial charge is 0.449 e. The van der Waals surface area contributed by atoms with Gasteiger partial charge in [0.05, 0.1) is 6.61 Å². The molecule has 15 heavy (non-hydrogen) atoms. The van der Waals surface area contributed by atoms with Crippen LogP contribution in [-0.2, 0) is 11.8 Å². The Morgan fingerprint density at radius 1 is 1.67 bits per heavy atom. The molecular weight excluding hydrogens is 196 g/mol. The fourth-order valence-electron chi connectivity index (χ4n) is 1.50. The predicted molar refractivity (Wildman–Crippen MR) is 51.2 cm³/mol. The molecule has 0 aliphatic carbocycles. The molecule has 1 fully saturated rings. The van der Waals surface area contributed by atoms with E-state index in [0.717, 1.165) is 6.42 Å². The van der Waals surface area contributed by atoms with Gasteiger partial charge in [0, 0.05) is 19.8 Å². The van der Waals surface area contributed by atoms with Gasteiger partial charge in [0.15, 0.2) is 5.82 Å². The number of anilines is 1. The summed E-state index contributed by atoms with van der Waals surface area (Å²) in [6.45, 7) is 0.981. The molecule has 0 saturated carbocycles. The first-order valence-electron chi connectivity index (χ1n) is 4.60. The maximum Gasteiger partial charge on any atom is 0.415 e. The van der Waals surface area contributed by atoms with E-state index in [2.05, 4.69) is 5.10 Å². The summed E-state index contributed by atoms with van der Waals surface area (Å²) in [7, 11) is 1.71. The summed E-state index contributed by atoms with van der Waals surface area (Å²) in [6, 6.07) is 2.00. The van der Waals surface area contributed by atoms with Crippen molar-refractivity contribution in [1.82, 2.24) is 9.78 Å². The molecule has 1 aromatic heterocycles. The van der Waals surface area contributed by atoms with Crippen molar-refractivity contribution in [3.05, 3.63) is 11.8 Å². The molecule has 6 nitrogen and oxygen atoms in total. The standard InChI is InChI=1S/C9H10N4O2/c1-12-6-7(5-10)8(11-12)13-3-2-4-15-9(13)14/h6H,2-4H2,1H3. The van der Waals surface area contributed by atoms with E-state index in [-0.39, 0.29) is 0 Å². The molecule has 1 saturated heterocycles. The summed E-state index contributed by atoms with van der Waals surface area (Å²) in [5.41, 5.74) is 0.386. The van der Waals surface area contributed by atoms with Crippen molar-refractivity contribution in [3.8, 4) is 6.07 Å². The van der Waals surface area contributed by atoms with Gasteiger partial charge in [-0.3, -0.25) is 9.58 Å². The molecule has 1 aromatic rings. The summed E-state index contributed by atoms with van der Waals surface area (Å²) in [5, 5.41) is 12.9. The van der Waals surface area contributed by atoms with Crippen LogP contribution < -0.4 is 4.90 Å². The summed E-state index contributed by atoms with van der Waals surface area (Å²) >= 11 is 0. The van der Waals surface area contributed by atoms with E-state index in [1.807, 2.05) is 6.07 Å². The third kappa shape index (κ3) is 1.64. The van der Waals surface area contributed by atoms with Crippen molar-refractivity contribution < 1.29 is 9.53 Å². The van der Waals surface area contributed by atoms with E-state index in [0.29, 0.717) is 24.5 Å². The van der Waals surface area contributed by atoms with E-state index in [1.54, 1.807) is 13.2 Å². The monoisotopic (exact) mass is 206 g/mol. The minimum Gasteiger partial charge on any atom is -0.449 e. The van der Waals surface area contributed by atoms with Crippen molar-refractivity contribution >= 4 is 11.9 Å². The van der Waals surface area contributed by atoms with Gasteiger partial charge in [-0.25, -0.2) is 4.79 Å². The van der Waals surface area contributed by atoms with E-state index < -0.39 is 6.09 Å². The Labute approximate surface area is 86.6 Å². The van der Waals surface area contributed by atoms with Gasteiger partial charge in [-0.2, -0.15) is 10.4 Å². The Balaban J connectivity index is 2.35. The molecule has 0 bridgehead atoms. The van der Waals surface area contributed by atoms with Crippen LogP contribution in [0.4, 0.5) is 10.6 Å². The highest BCUT2D eigenvalue weighted by molar-refractivity contribution is 5.88. The third-order valence-corrected chi connectivity index (χ3v) is 2.16. The molecule has 6 heteroatoms. The van der Waals surface area contributed by atoms with Crippen LogP contribution in [0.25, 0.3) is 0 Å². The van der Waals surface area contributed by atoms with Gasteiger partial charge < -0.3 is 4.74 Å². The van der Waals surface area contributed by atoms with Gasteiger partial charge >= 0.3 is 6.09 Å². The minimum atomic E-state index is -0.434. The number of aryl methyl sites for hydroxylation is 1. The first-order chi connectivity index (χ1) is 7.22. The topological polar surface area (TPSA) is 71.2 Å². The van der Waals surface area contributed by atoms with Crippen molar-refractivity contribution in [2.24, 2.45) is 7.05 Å². The van der Waals surface area contributed by atoms with Gasteiger partial charge in [-0.05, 0) is 6.42 Å². The third-order valence-electron chi connectivity index (χ3n) is 2.16. The van der Waals surface area contributed by atoms with Gasteiger partial charge in [-0.1, -0.05) is 0 Å². The lowest BCUT2D eigenvalue weighted by Crippen LogP contribution is -2.38. The number of cyclic esters (lactones) is 1. The van der Waals surface area contributed by atoms with Crippen LogP contribution in [0.15, 0.2) is 6.20 Å². The zero-order chi connectivity index (χ0) is 10.8. The number of aromatic nitrogens is 2. The lowest BCUT2D eigenvalue weighted by Gasteiger charge is -2.24. The molecule has 1 aliphatic heterocycles. The second kappa shape index (κ2) is 3.61. The average molecular weight is 206 g/mol. The Kier molecular flexibility index (Phi) is 2.29. The Morgan fingerprint density at radius 3 is 3.13 bits per heavy atom. The van der Waals surface area contributed by atoms with Gasteiger partial charge in [0.2, 0.25) is 0 Å². The summed E-state index contributed by atoms with van der Waals surface area (Å²) in [6.07, 6.45) is 1.90. The zero-order valence-electron chi connectivity index (χ0n) is 8.30. The second-order valence-corrected chi connectivity index (χ2v) is 3.27. The molecule has 1 amide bonds. The summed E-state index contributed by atoms with van der Waals surface area (Å²) in [5.74, 6) is 0.379. The zero-order valence-corrected chi connectivity index (χ0v) is 8.30. The van der Waals surface area contributed by atoms with Crippen molar-refractivity contribution in [1.29, 1.82) is 5.26 Å². The first kappa shape index (κ1) is 9.52. The Morgan fingerprint density at radius 2 is 2.47 bits per heavy atom. The highest BCUT2D eigenvalue weighted by atomic mass is 16.6. The van der Waals surface area contributed by atoms with Crippen LogP contribution in [0.2, 0.25) is 0 Å². The number of amides is 1. The molecule has 1 aliphatic rings. The lowest BCUT2D eigenvalue weighted by molar-refractivity contribution is 0.140. The van der Waals surface area contributed by atoms with Crippen LogP contribution in [-0.4, -0.2) is 29.0 Å². The molecule has 0 unspecified atom stereocenters. The van der Waals surface area contributed by atoms with Gasteiger partial charge in [0.25, 0.3) is 0 Å². The predicted octanol–water partition coefficient (Wildman–Crippen LogP) is 0.638. The van der Waals surface area contributed by atoms with E-state index in [9.17, 15) is 4.79 Å². The quantitative estimate of drug-likeness (QED) is 0.676. The molecule has 2 heterocycles. The number of hydrogen-bond acceptors (Lipinski definition) is 4. The SMILES string of the molecule is Cn1cc(C#N)c(N2CCCOC2=O)n1. The molecular formula is C9H10N4O2. The van der Waals surface area contributed by atoms with Crippen molar-refractivity contribution in [3.63, 3.8) is 0 Å². The number of hydrogen-bond donors (Lipinski definition) is 0. The van der Waals surface area contributed by atoms with Crippen LogP contribution in [0.1, 0.15) is 12.0 Å². The molecule has 78 valence electrons. The highest BCUT2D eigenvalue weighted by Gasteiger charge is 2.26. The lowest BCUT2D eigenvalue weighted by atomic mass is 10.3. The number of rotatable bonds is 1. The summed E-state index contributed by atoms with van der Waals surface area (Å²) in [4.78, 5) is 12.8. The Bertz CT molecular complexity index is 432. The molecule has 0 spiro atoms. The first-order valence-corrected chi connectivity index (χ1v) is 4.60. The van der Waals surface area contributed by atoms with Crippen LogP contribution in [0.5, 0.6) is 0 Å². The second-order valence-electron chi connectivity index (χ2n) is 3.27. The fourth-order valence-corrected chi connectivity index (χ4v) is 1.50. The molecule has 0 N–H and O–H groups in total. The minimum absolute atomic E-state index is 0.379.